The van der Waals surface area contributed by atoms with E-state index in [2.05, 4.69) is 0 Å². The third kappa shape index (κ3) is 3.53. The summed E-state index contributed by atoms with van der Waals surface area (Å²) in [7, 11) is 0. The van der Waals surface area contributed by atoms with Gasteiger partial charge >= 0.3 is 6.03 Å². The number of para-hydroxylation sites is 1. The molecule has 1 unspecified atom stereocenters. The maximum atomic E-state index is 13.2. The third-order valence-corrected chi connectivity index (χ3v) is 4.53. The molecule has 1 aliphatic heterocycles. The van der Waals surface area contributed by atoms with Crippen molar-refractivity contribution in [1.82, 2.24) is 4.90 Å². The quantitative estimate of drug-likeness (QED) is 0.761. The smallest absolute Gasteiger partial charge is 0.311 e. The van der Waals surface area contributed by atoms with Crippen LogP contribution in [0.1, 0.15) is 13.8 Å². The highest BCUT2D eigenvalue weighted by Gasteiger charge is 2.44. The predicted octanol–water partition coefficient (Wildman–Crippen LogP) is 3.04. The first kappa shape index (κ1) is 18.6. The van der Waals surface area contributed by atoms with E-state index in [0.717, 1.165) is 4.90 Å². The molecule has 0 spiro atoms. The minimum atomic E-state index is -0.762. The molecule has 0 aliphatic carbocycles. The lowest BCUT2D eigenvalue weighted by Crippen LogP contribution is -2.43. The summed E-state index contributed by atoms with van der Waals surface area (Å²) >= 11 is 0. The molecule has 0 saturated carbocycles. The summed E-state index contributed by atoms with van der Waals surface area (Å²) in [6, 6.07) is 13.0. The van der Waals surface area contributed by atoms with Crippen LogP contribution in [0.25, 0.3) is 0 Å². The molecule has 2 aromatic carbocycles. The number of hydrogen-bond donors (Lipinski definition) is 0. The van der Waals surface area contributed by atoms with Crippen molar-refractivity contribution >= 4 is 29.2 Å². The Morgan fingerprint density at radius 1 is 1.07 bits per heavy atom. The molecule has 1 fully saturated rings. The lowest BCUT2D eigenvalue weighted by molar-refractivity contribution is -0.131. The molecular weight excluding hydrogens is 349 g/mol. The SMILES string of the molecule is CCN(C(=O)CN1C(=O)C(C)N(c2ccc(F)cc2)C1=O)c1ccccc1. The van der Waals surface area contributed by atoms with Gasteiger partial charge in [0.15, 0.2) is 0 Å². The number of likely N-dealkylation sites (N-methyl/N-ethyl adjacent to an activating group) is 1. The van der Waals surface area contributed by atoms with Crippen molar-refractivity contribution in [3.8, 4) is 0 Å². The Balaban J connectivity index is 1.80. The van der Waals surface area contributed by atoms with E-state index >= 15 is 0 Å². The number of nitrogens with zero attached hydrogens (tertiary/aromatic N) is 3. The van der Waals surface area contributed by atoms with Gasteiger partial charge < -0.3 is 4.90 Å². The first-order valence-corrected chi connectivity index (χ1v) is 8.69. The van der Waals surface area contributed by atoms with Crippen molar-refractivity contribution in [2.24, 2.45) is 0 Å². The third-order valence-electron chi connectivity index (χ3n) is 4.53. The van der Waals surface area contributed by atoms with E-state index in [1.165, 1.54) is 34.1 Å². The molecule has 4 amide bonds. The summed E-state index contributed by atoms with van der Waals surface area (Å²) in [5, 5.41) is 0. The van der Waals surface area contributed by atoms with Gasteiger partial charge in [0.1, 0.15) is 18.4 Å². The summed E-state index contributed by atoms with van der Waals surface area (Å²) in [6.45, 7) is 3.48. The Labute approximate surface area is 156 Å². The van der Waals surface area contributed by atoms with E-state index in [1.807, 2.05) is 25.1 Å². The number of hydrogen-bond acceptors (Lipinski definition) is 3. The van der Waals surface area contributed by atoms with Gasteiger partial charge in [-0.25, -0.2) is 9.18 Å². The van der Waals surface area contributed by atoms with Crippen LogP contribution in [0.2, 0.25) is 0 Å². The molecule has 27 heavy (non-hydrogen) atoms. The van der Waals surface area contributed by atoms with Crippen molar-refractivity contribution in [2.45, 2.75) is 19.9 Å². The minimum Gasteiger partial charge on any atom is -0.311 e. The zero-order chi connectivity index (χ0) is 19.6. The first-order valence-electron chi connectivity index (χ1n) is 8.69. The molecule has 7 heteroatoms. The van der Waals surface area contributed by atoms with Crippen molar-refractivity contribution < 1.29 is 18.8 Å². The number of carbonyl (C=O) groups is 3. The molecule has 1 atom stereocenters. The molecule has 3 rings (SSSR count). The van der Waals surface area contributed by atoms with E-state index in [4.69, 9.17) is 0 Å². The van der Waals surface area contributed by atoms with Crippen LogP contribution in [0.5, 0.6) is 0 Å². The van der Waals surface area contributed by atoms with Crippen LogP contribution in [0.15, 0.2) is 54.6 Å². The Morgan fingerprint density at radius 2 is 1.70 bits per heavy atom. The number of amides is 4. The molecular formula is C20H20FN3O3. The van der Waals surface area contributed by atoms with E-state index < -0.39 is 23.8 Å². The van der Waals surface area contributed by atoms with Crippen molar-refractivity contribution in [3.63, 3.8) is 0 Å². The molecule has 1 saturated heterocycles. The maximum absolute atomic E-state index is 13.2. The van der Waals surface area contributed by atoms with Crippen LogP contribution in [-0.4, -0.2) is 41.9 Å². The van der Waals surface area contributed by atoms with Crippen LogP contribution >= 0.6 is 0 Å². The molecule has 2 aromatic rings. The molecule has 1 heterocycles. The highest BCUT2D eigenvalue weighted by atomic mass is 19.1. The molecule has 0 aromatic heterocycles. The second-order valence-electron chi connectivity index (χ2n) is 6.20. The normalized spacial score (nSPS) is 16.8. The van der Waals surface area contributed by atoms with Gasteiger partial charge in [0, 0.05) is 17.9 Å². The van der Waals surface area contributed by atoms with E-state index in [0.29, 0.717) is 17.9 Å². The van der Waals surface area contributed by atoms with Gasteiger partial charge in [-0.2, -0.15) is 0 Å². The Hall–Kier alpha value is -3.22. The topological polar surface area (TPSA) is 60.9 Å². The maximum Gasteiger partial charge on any atom is 0.332 e. The van der Waals surface area contributed by atoms with Crippen LogP contribution in [0.4, 0.5) is 20.6 Å². The second-order valence-corrected chi connectivity index (χ2v) is 6.20. The average molecular weight is 369 g/mol. The Bertz CT molecular complexity index is 855. The van der Waals surface area contributed by atoms with E-state index in [9.17, 15) is 18.8 Å². The molecule has 0 N–H and O–H groups in total. The number of rotatable bonds is 5. The number of carbonyl (C=O) groups excluding carboxylic acids is 3. The van der Waals surface area contributed by atoms with Gasteiger partial charge in [0.25, 0.3) is 5.91 Å². The number of benzene rings is 2. The molecule has 0 radical (unpaired) electrons. The van der Waals surface area contributed by atoms with E-state index in [1.54, 1.807) is 19.1 Å². The fraction of sp³-hybridized carbons (Fsp3) is 0.250. The van der Waals surface area contributed by atoms with E-state index in [-0.39, 0.29) is 12.5 Å². The zero-order valence-corrected chi connectivity index (χ0v) is 15.1. The van der Waals surface area contributed by atoms with Crippen molar-refractivity contribution in [2.75, 3.05) is 22.9 Å². The van der Waals surface area contributed by atoms with Gasteiger partial charge in [-0.05, 0) is 50.2 Å². The summed E-state index contributed by atoms with van der Waals surface area (Å²) in [5.41, 5.74) is 1.11. The molecule has 6 nitrogen and oxygen atoms in total. The molecule has 140 valence electrons. The number of halogens is 1. The van der Waals surface area contributed by atoms with Crippen molar-refractivity contribution in [3.05, 3.63) is 60.4 Å². The Kier molecular flexibility index (Phi) is 5.21. The number of imide groups is 1. The summed E-state index contributed by atoms with van der Waals surface area (Å²) in [4.78, 5) is 41.8. The lowest BCUT2D eigenvalue weighted by Gasteiger charge is -2.23. The lowest BCUT2D eigenvalue weighted by atomic mass is 10.2. The highest BCUT2D eigenvalue weighted by molar-refractivity contribution is 6.16. The Morgan fingerprint density at radius 3 is 2.30 bits per heavy atom. The van der Waals surface area contributed by atoms with Gasteiger partial charge in [-0.15, -0.1) is 0 Å². The van der Waals surface area contributed by atoms with Crippen LogP contribution in [0, 0.1) is 5.82 Å². The highest BCUT2D eigenvalue weighted by Crippen LogP contribution is 2.26. The fourth-order valence-corrected chi connectivity index (χ4v) is 3.14. The van der Waals surface area contributed by atoms with Gasteiger partial charge in [0.05, 0.1) is 0 Å². The number of urea groups is 1. The predicted molar refractivity (Wildman–Crippen MR) is 99.9 cm³/mol. The zero-order valence-electron chi connectivity index (χ0n) is 15.1. The second kappa shape index (κ2) is 7.57. The molecule has 0 bridgehead atoms. The average Bonchev–Trinajstić information content (AvgIpc) is 2.88. The van der Waals surface area contributed by atoms with Crippen LogP contribution < -0.4 is 9.80 Å². The van der Waals surface area contributed by atoms with Crippen LogP contribution in [0.3, 0.4) is 0 Å². The molecule has 1 aliphatic rings. The largest absolute Gasteiger partial charge is 0.332 e. The summed E-state index contributed by atoms with van der Waals surface area (Å²) in [6.07, 6.45) is 0. The summed E-state index contributed by atoms with van der Waals surface area (Å²) < 4.78 is 13.2. The minimum absolute atomic E-state index is 0.345. The van der Waals surface area contributed by atoms with Gasteiger partial charge in [-0.3, -0.25) is 19.4 Å². The fourth-order valence-electron chi connectivity index (χ4n) is 3.14. The number of anilines is 2. The monoisotopic (exact) mass is 369 g/mol. The van der Waals surface area contributed by atoms with Crippen molar-refractivity contribution in [1.29, 1.82) is 0 Å². The van der Waals surface area contributed by atoms with Gasteiger partial charge in [0.2, 0.25) is 5.91 Å². The van der Waals surface area contributed by atoms with Gasteiger partial charge in [-0.1, -0.05) is 18.2 Å². The first-order chi connectivity index (χ1) is 12.9. The van der Waals surface area contributed by atoms with Crippen LogP contribution in [-0.2, 0) is 9.59 Å². The summed E-state index contributed by atoms with van der Waals surface area (Å²) in [5.74, 6) is -1.24. The standard InChI is InChI=1S/C20H20FN3O3/c1-3-22(16-7-5-4-6-8-16)18(25)13-23-19(26)14(2)24(20(23)27)17-11-9-15(21)10-12-17/h4-12,14H,3,13H2,1-2H3.